The van der Waals surface area contributed by atoms with E-state index in [4.69, 9.17) is 11.6 Å². The van der Waals surface area contributed by atoms with Crippen LogP contribution in [0, 0.1) is 6.92 Å². The van der Waals surface area contributed by atoms with Gasteiger partial charge in [0.15, 0.2) is 0 Å². The van der Waals surface area contributed by atoms with Gasteiger partial charge < -0.3 is 5.11 Å². The first-order chi connectivity index (χ1) is 11.1. The van der Waals surface area contributed by atoms with E-state index in [9.17, 15) is 9.90 Å². The van der Waals surface area contributed by atoms with E-state index in [1.807, 2.05) is 13.0 Å². The lowest BCUT2D eigenvalue weighted by Gasteiger charge is -2.21. The molecule has 118 valence electrons. The summed E-state index contributed by atoms with van der Waals surface area (Å²) >= 11 is 6.02. The molecule has 0 unspecified atom stereocenters. The van der Waals surface area contributed by atoms with Gasteiger partial charge in [-0.2, -0.15) is 5.10 Å². The van der Waals surface area contributed by atoms with E-state index < -0.39 is 0 Å². The van der Waals surface area contributed by atoms with Crippen molar-refractivity contribution in [3.63, 3.8) is 0 Å². The van der Waals surface area contributed by atoms with Gasteiger partial charge in [0.05, 0.1) is 16.3 Å². The first kappa shape index (κ1) is 15.6. The fourth-order valence-electron chi connectivity index (χ4n) is 2.88. The minimum atomic E-state index is -0.359. The monoisotopic (exact) mass is 328 g/mol. The standard InChI is InChI=1S/C18H17ClN2O2/c1-11-9-10-16(22)17-12(11)6-4-8-15(17)20-21-18(23)13-5-2-3-7-14(13)19/h2-3,5,7,9-10,22H,4,6,8H2,1H3,(H,21,23)/b20-15+. The maximum atomic E-state index is 12.2. The number of halogens is 1. The summed E-state index contributed by atoms with van der Waals surface area (Å²) in [7, 11) is 0. The van der Waals surface area contributed by atoms with E-state index in [1.165, 1.54) is 0 Å². The zero-order chi connectivity index (χ0) is 16.4. The predicted molar refractivity (Wildman–Crippen MR) is 91.2 cm³/mol. The van der Waals surface area contributed by atoms with Crippen LogP contribution in [0.3, 0.4) is 0 Å². The molecule has 1 aliphatic carbocycles. The Morgan fingerprint density at radius 1 is 1.22 bits per heavy atom. The molecule has 2 aromatic carbocycles. The highest BCUT2D eigenvalue weighted by Crippen LogP contribution is 2.31. The molecule has 1 aliphatic rings. The average Bonchev–Trinajstić information content (AvgIpc) is 2.56. The molecular weight excluding hydrogens is 312 g/mol. The van der Waals surface area contributed by atoms with Gasteiger partial charge in [-0.05, 0) is 55.5 Å². The second-order valence-corrected chi connectivity index (χ2v) is 6.00. The normalized spacial score (nSPS) is 15.3. The molecule has 0 aromatic heterocycles. The van der Waals surface area contributed by atoms with Crippen LogP contribution in [-0.2, 0) is 6.42 Å². The summed E-state index contributed by atoms with van der Waals surface area (Å²) in [4.78, 5) is 12.2. The molecule has 0 bridgehead atoms. The van der Waals surface area contributed by atoms with Crippen LogP contribution in [0.2, 0.25) is 5.02 Å². The molecule has 0 saturated carbocycles. The van der Waals surface area contributed by atoms with Gasteiger partial charge in [-0.25, -0.2) is 5.43 Å². The molecule has 3 rings (SSSR count). The minimum absolute atomic E-state index is 0.205. The number of nitrogens with one attached hydrogen (secondary N) is 1. The number of fused-ring (bicyclic) bond motifs is 1. The number of carbonyl (C=O) groups is 1. The number of aryl methyl sites for hydroxylation is 1. The van der Waals surface area contributed by atoms with Crippen LogP contribution >= 0.6 is 11.6 Å². The summed E-state index contributed by atoms with van der Waals surface area (Å²) in [5, 5.41) is 14.8. The van der Waals surface area contributed by atoms with Crippen molar-refractivity contribution >= 4 is 23.2 Å². The summed E-state index contributed by atoms with van der Waals surface area (Å²) < 4.78 is 0. The molecule has 0 saturated heterocycles. The molecule has 2 N–H and O–H groups in total. The Morgan fingerprint density at radius 3 is 2.78 bits per heavy atom. The molecule has 0 radical (unpaired) electrons. The molecule has 23 heavy (non-hydrogen) atoms. The van der Waals surface area contributed by atoms with E-state index in [0.717, 1.165) is 29.5 Å². The van der Waals surface area contributed by atoms with Gasteiger partial charge in [-0.15, -0.1) is 0 Å². The molecule has 0 spiro atoms. The fourth-order valence-corrected chi connectivity index (χ4v) is 3.10. The van der Waals surface area contributed by atoms with Crippen molar-refractivity contribution in [2.45, 2.75) is 26.2 Å². The number of nitrogens with zero attached hydrogens (tertiary/aromatic N) is 1. The van der Waals surface area contributed by atoms with Gasteiger partial charge in [0.2, 0.25) is 0 Å². The van der Waals surface area contributed by atoms with Crippen LogP contribution in [0.15, 0.2) is 41.5 Å². The highest BCUT2D eigenvalue weighted by molar-refractivity contribution is 6.33. The second kappa shape index (κ2) is 6.42. The van der Waals surface area contributed by atoms with E-state index in [1.54, 1.807) is 30.3 Å². The van der Waals surface area contributed by atoms with Crippen molar-refractivity contribution < 1.29 is 9.90 Å². The van der Waals surface area contributed by atoms with Gasteiger partial charge in [0, 0.05) is 5.56 Å². The van der Waals surface area contributed by atoms with Crippen LogP contribution < -0.4 is 5.43 Å². The SMILES string of the molecule is Cc1ccc(O)c2c1CCC/C2=N\NC(=O)c1ccccc1Cl. The molecule has 0 heterocycles. The Labute approximate surface area is 139 Å². The lowest BCUT2D eigenvalue weighted by Crippen LogP contribution is -2.22. The lowest BCUT2D eigenvalue weighted by atomic mass is 9.86. The van der Waals surface area contributed by atoms with Gasteiger partial charge in [-0.3, -0.25) is 4.79 Å². The zero-order valence-corrected chi connectivity index (χ0v) is 13.5. The summed E-state index contributed by atoms with van der Waals surface area (Å²) in [6.45, 7) is 2.02. The van der Waals surface area contributed by atoms with Crippen molar-refractivity contribution in [1.29, 1.82) is 0 Å². The first-order valence-electron chi connectivity index (χ1n) is 7.51. The van der Waals surface area contributed by atoms with Crippen LogP contribution in [0.1, 0.15) is 39.9 Å². The number of hydrazone groups is 1. The van der Waals surface area contributed by atoms with Gasteiger partial charge in [0.25, 0.3) is 5.91 Å². The lowest BCUT2D eigenvalue weighted by molar-refractivity contribution is 0.0955. The van der Waals surface area contributed by atoms with Gasteiger partial charge in [0.1, 0.15) is 5.75 Å². The molecule has 0 fully saturated rings. The highest BCUT2D eigenvalue weighted by atomic mass is 35.5. The van der Waals surface area contributed by atoms with Crippen LogP contribution in [0.4, 0.5) is 0 Å². The Morgan fingerprint density at radius 2 is 2.00 bits per heavy atom. The van der Waals surface area contributed by atoms with Crippen molar-refractivity contribution in [2.24, 2.45) is 5.10 Å². The molecule has 0 atom stereocenters. The van der Waals surface area contributed by atoms with Crippen LogP contribution in [0.25, 0.3) is 0 Å². The fraction of sp³-hybridized carbons (Fsp3) is 0.222. The maximum Gasteiger partial charge on any atom is 0.272 e. The molecule has 0 aliphatic heterocycles. The van der Waals surface area contributed by atoms with Crippen molar-refractivity contribution in [1.82, 2.24) is 5.43 Å². The maximum absolute atomic E-state index is 12.2. The second-order valence-electron chi connectivity index (χ2n) is 5.59. The molecule has 2 aromatic rings. The molecular formula is C18H17ClN2O2. The molecule has 5 heteroatoms. The number of rotatable bonds is 2. The summed E-state index contributed by atoms with van der Waals surface area (Å²) in [5.74, 6) is -0.154. The Balaban J connectivity index is 1.90. The largest absolute Gasteiger partial charge is 0.507 e. The Hall–Kier alpha value is -2.33. The number of aromatic hydroxyl groups is 1. The number of hydrogen-bond donors (Lipinski definition) is 2. The number of carbonyl (C=O) groups excluding carboxylic acids is 1. The number of benzene rings is 2. The average molecular weight is 329 g/mol. The number of hydrogen-bond acceptors (Lipinski definition) is 3. The summed E-state index contributed by atoms with van der Waals surface area (Å²) in [6, 6.07) is 10.4. The van der Waals surface area contributed by atoms with Crippen molar-refractivity contribution in [3.8, 4) is 5.75 Å². The highest BCUT2D eigenvalue weighted by Gasteiger charge is 2.21. The van der Waals surface area contributed by atoms with E-state index in [0.29, 0.717) is 22.7 Å². The summed E-state index contributed by atoms with van der Waals surface area (Å²) in [5.41, 5.74) is 6.60. The third-order valence-electron chi connectivity index (χ3n) is 4.06. The Bertz CT molecular complexity index is 800. The smallest absolute Gasteiger partial charge is 0.272 e. The van der Waals surface area contributed by atoms with E-state index in [2.05, 4.69) is 10.5 Å². The number of phenolic OH excluding ortho intramolecular Hbond substituents is 1. The molecule has 4 nitrogen and oxygen atoms in total. The number of amides is 1. The van der Waals surface area contributed by atoms with Crippen LogP contribution in [-0.4, -0.2) is 16.7 Å². The third-order valence-corrected chi connectivity index (χ3v) is 4.39. The first-order valence-corrected chi connectivity index (χ1v) is 7.89. The third kappa shape index (κ3) is 3.08. The predicted octanol–water partition coefficient (Wildman–Crippen LogP) is 3.82. The van der Waals surface area contributed by atoms with Gasteiger partial charge in [-0.1, -0.05) is 29.8 Å². The van der Waals surface area contributed by atoms with Crippen LogP contribution in [0.5, 0.6) is 5.75 Å². The van der Waals surface area contributed by atoms with E-state index >= 15 is 0 Å². The molecule has 1 amide bonds. The van der Waals surface area contributed by atoms with E-state index in [-0.39, 0.29) is 11.7 Å². The summed E-state index contributed by atoms with van der Waals surface area (Å²) in [6.07, 6.45) is 2.57. The van der Waals surface area contributed by atoms with Crippen molar-refractivity contribution in [2.75, 3.05) is 0 Å². The quantitative estimate of drug-likeness (QED) is 0.823. The Kier molecular flexibility index (Phi) is 4.35. The van der Waals surface area contributed by atoms with Gasteiger partial charge >= 0.3 is 0 Å². The van der Waals surface area contributed by atoms with Crippen molar-refractivity contribution in [3.05, 3.63) is 63.7 Å². The topological polar surface area (TPSA) is 61.7 Å². The minimum Gasteiger partial charge on any atom is -0.507 e. The zero-order valence-electron chi connectivity index (χ0n) is 12.8. The number of phenols is 1.